The molecular formula is C12H24N2. The molecule has 0 atom stereocenters. The van der Waals surface area contributed by atoms with Crippen molar-refractivity contribution in [2.75, 3.05) is 19.6 Å². The van der Waals surface area contributed by atoms with Crippen LogP contribution in [0.3, 0.4) is 0 Å². The highest BCUT2D eigenvalue weighted by Crippen LogP contribution is 2.39. The molecule has 2 N–H and O–H groups in total. The van der Waals surface area contributed by atoms with Gasteiger partial charge in [-0.05, 0) is 43.6 Å². The third-order valence-corrected chi connectivity index (χ3v) is 3.86. The second-order valence-electron chi connectivity index (χ2n) is 5.68. The summed E-state index contributed by atoms with van der Waals surface area (Å²) in [5, 5.41) is 7.10. The second-order valence-corrected chi connectivity index (χ2v) is 5.68. The number of nitrogens with one attached hydrogen (secondary N) is 2. The zero-order valence-corrected chi connectivity index (χ0v) is 9.60. The number of hydrogen-bond donors (Lipinski definition) is 2. The summed E-state index contributed by atoms with van der Waals surface area (Å²) < 4.78 is 0. The van der Waals surface area contributed by atoms with Crippen molar-refractivity contribution < 1.29 is 0 Å². The van der Waals surface area contributed by atoms with Crippen molar-refractivity contribution in [3.63, 3.8) is 0 Å². The molecule has 0 unspecified atom stereocenters. The smallest absolute Gasteiger partial charge is 0.00676 e. The molecule has 2 rings (SSSR count). The molecule has 2 nitrogen and oxygen atoms in total. The van der Waals surface area contributed by atoms with Crippen LogP contribution in [0.15, 0.2) is 0 Å². The molecule has 2 aliphatic rings. The third-order valence-electron chi connectivity index (χ3n) is 3.86. The topological polar surface area (TPSA) is 24.1 Å². The molecule has 82 valence electrons. The van der Waals surface area contributed by atoms with Crippen LogP contribution in [-0.4, -0.2) is 25.7 Å². The van der Waals surface area contributed by atoms with Crippen molar-refractivity contribution in [1.29, 1.82) is 0 Å². The van der Waals surface area contributed by atoms with E-state index >= 15 is 0 Å². The van der Waals surface area contributed by atoms with Gasteiger partial charge in [-0.25, -0.2) is 0 Å². The molecule has 0 amide bonds. The van der Waals surface area contributed by atoms with Gasteiger partial charge in [-0.15, -0.1) is 0 Å². The van der Waals surface area contributed by atoms with E-state index in [1.54, 1.807) is 0 Å². The van der Waals surface area contributed by atoms with Gasteiger partial charge in [0.05, 0.1) is 0 Å². The van der Waals surface area contributed by atoms with Crippen LogP contribution < -0.4 is 10.6 Å². The Bertz CT molecular complexity index is 175. The minimum absolute atomic E-state index is 0.718. The molecule has 1 aliphatic heterocycles. The van der Waals surface area contributed by atoms with E-state index in [1.165, 1.54) is 45.3 Å². The van der Waals surface area contributed by atoms with Gasteiger partial charge >= 0.3 is 0 Å². The SMILES string of the molecule is CC(C)CNC1CCC2(CC1)CNC2. The summed E-state index contributed by atoms with van der Waals surface area (Å²) in [6.07, 6.45) is 5.67. The molecule has 0 aromatic rings. The lowest BCUT2D eigenvalue weighted by Gasteiger charge is -2.47. The van der Waals surface area contributed by atoms with Gasteiger partial charge < -0.3 is 10.6 Å². The number of hydrogen-bond acceptors (Lipinski definition) is 2. The third kappa shape index (κ3) is 2.29. The van der Waals surface area contributed by atoms with Gasteiger partial charge in [0.15, 0.2) is 0 Å². The predicted octanol–water partition coefficient (Wildman–Crippen LogP) is 1.76. The summed E-state index contributed by atoms with van der Waals surface area (Å²) in [7, 11) is 0. The lowest BCUT2D eigenvalue weighted by atomic mass is 9.68. The molecule has 0 bridgehead atoms. The highest BCUT2D eigenvalue weighted by atomic mass is 15.0. The van der Waals surface area contributed by atoms with Gasteiger partial charge in [-0.1, -0.05) is 13.8 Å². The van der Waals surface area contributed by atoms with Crippen molar-refractivity contribution in [2.24, 2.45) is 11.3 Å². The predicted molar refractivity (Wildman–Crippen MR) is 60.4 cm³/mol. The first-order chi connectivity index (χ1) is 6.70. The number of rotatable bonds is 3. The Hall–Kier alpha value is -0.0800. The largest absolute Gasteiger partial charge is 0.316 e. The first-order valence-electron chi connectivity index (χ1n) is 6.14. The molecule has 14 heavy (non-hydrogen) atoms. The van der Waals surface area contributed by atoms with E-state index in [4.69, 9.17) is 0 Å². The van der Waals surface area contributed by atoms with Crippen LogP contribution in [-0.2, 0) is 0 Å². The Morgan fingerprint density at radius 2 is 1.93 bits per heavy atom. The summed E-state index contributed by atoms with van der Waals surface area (Å²) in [5.74, 6) is 0.788. The molecule has 0 aromatic heterocycles. The molecule has 2 fully saturated rings. The monoisotopic (exact) mass is 196 g/mol. The van der Waals surface area contributed by atoms with Crippen molar-refractivity contribution >= 4 is 0 Å². The van der Waals surface area contributed by atoms with Gasteiger partial charge in [-0.2, -0.15) is 0 Å². The van der Waals surface area contributed by atoms with Gasteiger partial charge in [0.2, 0.25) is 0 Å². The summed E-state index contributed by atoms with van der Waals surface area (Å²) in [6, 6.07) is 0.809. The van der Waals surface area contributed by atoms with E-state index in [1.807, 2.05) is 0 Å². The maximum atomic E-state index is 3.69. The highest BCUT2D eigenvalue weighted by molar-refractivity contribution is 4.96. The first kappa shape index (κ1) is 10.4. The van der Waals surface area contributed by atoms with E-state index in [2.05, 4.69) is 24.5 Å². The maximum Gasteiger partial charge on any atom is 0.00676 e. The van der Waals surface area contributed by atoms with Gasteiger partial charge in [0, 0.05) is 19.1 Å². The quantitative estimate of drug-likeness (QED) is 0.719. The Morgan fingerprint density at radius 3 is 2.36 bits per heavy atom. The molecule has 1 heterocycles. The van der Waals surface area contributed by atoms with E-state index in [0.717, 1.165) is 17.4 Å². The summed E-state index contributed by atoms with van der Waals surface area (Å²) in [5.41, 5.74) is 0.718. The van der Waals surface area contributed by atoms with Crippen LogP contribution in [0.2, 0.25) is 0 Å². The Labute approximate surface area is 87.8 Å². The zero-order valence-electron chi connectivity index (χ0n) is 9.60. The minimum Gasteiger partial charge on any atom is -0.316 e. The summed E-state index contributed by atoms with van der Waals surface area (Å²) >= 11 is 0. The first-order valence-corrected chi connectivity index (χ1v) is 6.14. The van der Waals surface area contributed by atoms with Crippen molar-refractivity contribution in [1.82, 2.24) is 10.6 Å². The fourth-order valence-electron chi connectivity index (χ4n) is 2.67. The van der Waals surface area contributed by atoms with Gasteiger partial charge in [0.1, 0.15) is 0 Å². The normalized spacial score (nSPS) is 26.8. The second kappa shape index (κ2) is 4.19. The van der Waals surface area contributed by atoms with Gasteiger partial charge in [-0.3, -0.25) is 0 Å². The average molecular weight is 196 g/mol. The van der Waals surface area contributed by atoms with Crippen molar-refractivity contribution in [2.45, 2.75) is 45.6 Å². The lowest BCUT2D eigenvalue weighted by molar-refractivity contribution is 0.0906. The van der Waals surface area contributed by atoms with Crippen LogP contribution in [0.1, 0.15) is 39.5 Å². The lowest BCUT2D eigenvalue weighted by Crippen LogP contribution is -2.56. The molecule has 0 radical (unpaired) electrons. The van der Waals surface area contributed by atoms with E-state index < -0.39 is 0 Å². The van der Waals surface area contributed by atoms with Crippen molar-refractivity contribution in [3.05, 3.63) is 0 Å². The van der Waals surface area contributed by atoms with Gasteiger partial charge in [0.25, 0.3) is 0 Å². The van der Waals surface area contributed by atoms with Crippen LogP contribution >= 0.6 is 0 Å². The minimum atomic E-state index is 0.718. The summed E-state index contributed by atoms with van der Waals surface area (Å²) in [6.45, 7) is 8.32. The fraction of sp³-hybridized carbons (Fsp3) is 1.00. The summed E-state index contributed by atoms with van der Waals surface area (Å²) in [4.78, 5) is 0. The highest BCUT2D eigenvalue weighted by Gasteiger charge is 2.39. The Balaban J connectivity index is 1.68. The Morgan fingerprint density at radius 1 is 1.29 bits per heavy atom. The molecule has 1 spiro atoms. The van der Waals surface area contributed by atoms with Crippen molar-refractivity contribution in [3.8, 4) is 0 Å². The average Bonchev–Trinajstić information content (AvgIpc) is 2.13. The molecule has 1 saturated carbocycles. The fourth-order valence-corrected chi connectivity index (χ4v) is 2.67. The maximum absolute atomic E-state index is 3.69. The van der Waals surface area contributed by atoms with Crippen LogP contribution in [0.5, 0.6) is 0 Å². The standard InChI is InChI=1S/C12H24N2/c1-10(2)7-14-11-3-5-12(6-4-11)8-13-9-12/h10-11,13-14H,3-9H2,1-2H3. The van der Waals surface area contributed by atoms with Crippen LogP contribution in [0.4, 0.5) is 0 Å². The molecular weight excluding hydrogens is 172 g/mol. The molecule has 1 aliphatic carbocycles. The van der Waals surface area contributed by atoms with Crippen LogP contribution in [0.25, 0.3) is 0 Å². The van der Waals surface area contributed by atoms with E-state index in [-0.39, 0.29) is 0 Å². The zero-order chi connectivity index (χ0) is 10.0. The molecule has 0 aromatic carbocycles. The molecule has 1 saturated heterocycles. The van der Waals surface area contributed by atoms with E-state index in [9.17, 15) is 0 Å². The molecule has 2 heteroatoms. The Kier molecular flexibility index (Phi) is 3.13. The van der Waals surface area contributed by atoms with E-state index in [0.29, 0.717) is 0 Å². The van der Waals surface area contributed by atoms with Crippen LogP contribution in [0, 0.1) is 11.3 Å².